The maximum absolute atomic E-state index is 6.07. The van der Waals surface area contributed by atoms with Gasteiger partial charge in [0.1, 0.15) is 11.3 Å². The van der Waals surface area contributed by atoms with E-state index in [-0.39, 0.29) is 5.54 Å². The summed E-state index contributed by atoms with van der Waals surface area (Å²) >= 11 is 6.07. The summed E-state index contributed by atoms with van der Waals surface area (Å²) in [4.78, 5) is 9.11. The fraction of sp³-hybridized carbons (Fsp3) is 0.571. The Morgan fingerprint density at radius 1 is 1.22 bits per heavy atom. The summed E-state index contributed by atoms with van der Waals surface area (Å²) in [6.07, 6.45) is 5.01. The predicted molar refractivity (Wildman–Crippen MR) is 75.9 cm³/mol. The van der Waals surface area contributed by atoms with E-state index in [2.05, 4.69) is 35.3 Å². The third-order valence-electron chi connectivity index (χ3n) is 4.05. The fourth-order valence-corrected chi connectivity index (χ4v) is 2.95. The van der Waals surface area contributed by atoms with E-state index >= 15 is 0 Å². The second kappa shape index (κ2) is 5.27. The molecule has 0 aliphatic carbocycles. The van der Waals surface area contributed by atoms with Crippen LogP contribution in [0.4, 0.5) is 0 Å². The molecule has 0 saturated heterocycles. The second-order valence-electron chi connectivity index (χ2n) is 4.63. The number of pyridine rings is 1. The maximum Gasteiger partial charge on any atom is 0.160 e. The summed E-state index contributed by atoms with van der Waals surface area (Å²) in [5.41, 5.74) is 1.97. The average molecular weight is 266 g/mol. The molecule has 4 heteroatoms. The maximum atomic E-state index is 6.07. The lowest BCUT2D eigenvalue weighted by atomic mass is 9.89. The first-order valence-corrected chi connectivity index (χ1v) is 7.14. The highest BCUT2D eigenvalue weighted by Crippen LogP contribution is 2.34. The second-order valence-corrected chi connectivity index (χ2v) is 4.90. The lowest BCUT2D eigenvalue weighted by molar-refractivity contribution is 0.251. The molecule has 0 atom stereocenters. The van der Waals surface area contributed by atoms with E-state index in [1.165, 1.54) is 0 Å². The van der Waals surface area contributed by atoms with Gasteiger partial charge in [-0.25, -0.2) is 9.97 Å². The van der Waals surface area contributed by atoms with Crippen molar-refractivity contribution in [2.45, 2.75) is 51.5 Å². The monoisotopic (exact) mass is 265 g/mol. The van der Waals surface area contributed by atoms with Gasteiger partial charge in [0.05, 0.1) is 5.88 Å². The van der Waals surface area contributed by atoms with Crippen molar-refractivity contribution < 1.29 is 0 Å². The first kappa shape index (κ1) is 13.3. The van der Waals surface area contributed by atoms with E-state index in [9.17, 15) is 0 Å². The van der Waals surface area contributed by atoms with Crippen molar-refractivity contribution in [1.29, 1.82) is 0 Å². The zero-order valence-corrected chi connectivity index (χ0v) is 12.0. The minimum Gasteiger partial charge on any atom is -0.305 e. The van der Waals surface area contributed by atoms with Gasteiger partial charge in [-0.3, -0.25) is 0 Å². The number of aromatic nitrogens is 3. The summed E-state index contributed by atoms with van der Waals surface area (Å²) in [6, 6.07) is 3.92. The van der Waals surface area contributed by atoms with Gasteiger partial charge in [-0.2, -0.15) is 0 Å². The SMILES string of the molecule is CCC(CC)(CC)n1c(CCl)nc2cccnc21. The molecule has 3 nitrogen and oxygen atoms in total. The fourth-order valence-electron chi connectivity index (χ4n) is 2.77. The van der Waals surface area contributed by atoms with Crippen LogP contribution in [0.15, 0.2) is 18.3 Å². The molecule has 0 spiro atoms. The van der Waals surface area contributed by atoms with Gasteiger partial charge in [-0.05, 0) is 31.4 Å². The number of hydrogen-bond donors (Lipinski definition) is 0. The van der Waals surface area contributed by atoms with Gasteiger partial charge in [0.2, 0.25) is 0 Å². The van der Waals surface area contributed by atoms with Crippen molar-refractivity contribution in [1.82, 2.24) is 14.5 Å². The van der Waals surface area contributed by atoms with Crippen molar-refractivity contribution in [2.75, 3.05) is 0 Å². The van der Waals surface area contributed by atoms with Crippen LogP contribution in [0.3, 0.4) is 0 Å². The van der Waals surface area contributed by atoms with Crippen LogP contribution in [0.25, 0.3) is 11.2 Å². The van der Waals surface area contributed by atoms with E-state index in [1.54, 1.807) is 0 Å². The molecule has 0 bridgehead atoms. The summed E-state index contributed by atoms with van der Waals surface area (Å²) < 4.78 is 2.26. The Morgan fingerprint density at radius 3 is 2.44 bits per heavy atom. The minimum atomic E-state index is 0.0767. The first-order chi connectivity index (χ1) is 8.72. The largest absolute Gasteiger partial charge is 0.305 e. The molecule has 0 saturated carbocycles. The smallest absolute Gasteiger partial charge is 0.160 e. The Bertz CT molecular complexity index is 521. The van der Waals surface area contributed by atoms with Crippen LogP contribution in [0.1, 0.15) is 45.9 Å². The molecule has 0 amide bonds. The molecule has 0 aliphatic rings. The number of hydrogen-bond acceptors (Lipinski definition) is 2. The van der Waals surface area contributed by atoms with Crippen LogP contribution in [-0.2, 0) is 11.4 Å². The molecule has 2 aromatic rings. The molecule has 0 aliphatic heterocycles. The minimum absolute atomic E-state index is 0.0767. The lowest BCUT2D eigenvalue weighted by Crippen LogP contribution is -2.33. The molecular formula is C14H20ClN3. The van der Waals surface area contributed by atoms with Crippen LogP contribution >= 0.6 is 11.6 Å². The Morgan fingerprint density at radius 2 is 1.89 bits per heavy atom. The summed E-state index contributed by atoms with van der Waals surface area (Å²) in [5.74, 6) is 1.36. The van der Waals surface area contributed by atoms with Gasteiger partial charge in [-0.1, -0.05) is 20.8 Å². The van der Waals surface area contributed by atoms with Gasteiger partial charge >= 0.3 is 0 Å². The molecule has 2 rings (SSSR count). The van der Waals surface area contributed by atoms with Crippen LogP contribution in [0.5, 0.6) is 0 Å². The van der Waals surface area contributed by atoms with Crippen LogP contribution in [-0.4, -0.2) is 14.5 Å². The Kier molecular flexibility index (Phi) is 3.91. The molecular weight excluding hydrogens is 246 g/mol. The molecule has 0 N–H and O–H groups in total. The van der Waals surface area contributed by atoms with Gasteiger partial charge in [0.15, 0.2) is 5.65 Å². The Labute approximate surface area is 113 Å². The molecule has 2 aromatic heterocycles. The highest BCUT2D eigenvalue weighted by Gasteiger charge is 2.30. The van der Waals surface area contributed by atoms with E-state index in [1.807, 2.05) is 18.3 Å². The average Bonchev–Trinajstić information content (AvgIpc) is 2.81. The molecule has 0 radical (unpaired) electrons. The Hall–Kier alpha value is -1.09. The van der Waals surface area contributed by atoms with Crippen molar-refractivity contribution in [2.24, 2.45) is 0 Å². The quantitative estimate of drug-likeness (QED) is 0.762. The topological polar surface area (TPSA) is 30.7 Å². The molecule has 0 fully saturated rings. The zero-order valence-electron chi connectivity index (χ0n) is 11.3. The highest BCUT2D eigenvalue weighted by atomic mass is 35.5. The van der Waals surface area contributed by atoms with E-state index in [4.69, 9.17) is 11.6 Å². The zero-order chi connectivity index (χ0) is 13.2. The predicted octanol–water partition coefficient (Wildman–Crippen LogP) is 4.10. The third kappa shape index (κ3) is 1.91. The highest BCUT2D eigenvalue weighted by molar-refractivity contribution is 6.16. The van der Waals surface area contributed by atoms with Crippen molar-refractivity contribution in [3.8, 4) is 0 Å². The number of nitrogens with zero attached hydrogens (tertiary/aromatic N) is 3. The van der Waals surface area contributed by atoms with Crippen molar-refractivity contribution >= 4 is 22.8 Å². The summed E-state index contributed by atoms with van der Waals surface area (Å²) in [5, 5.41) is 0. The van der Waals surface area contributed by atoms with Crippen molar-refractivity contribution in [3.05, 3.63) is 24.2 Å². The van der Waals surface area contributed by atoms with Crippen molar-refractivity contribution in [3.63, 3.8) is 0 Å². The summed E-state index contributed by atoms with van der Waals surface area (Å²) in [7, 11) is 0. The van der Waals surface area contributed by atoms with Gasteiger partial charge in [-0.15, -0.1) is 11.6 Å². The standard InChI is InChI=1S/C14H20ClN3/c1-4-14(5-2,6-3)18-12(10-15)17-11-8-7-9-16-13(11)18/h7-9H,4-6,10H2,1-3H3. The molecule has 2 heterocycles. The van der Waals surface area contributed by atoms with Crippen LogP contribution in [0.2, 0.25) is 0 Å². The summed E-state index contributed by atoms with van der Waals surface area (Å²) in [6.45, 7) is 6.67. The lowest BCUT2D eigenvalue weighted by Gasteiger charge is -2.34. The molecule has 0 unspecified atom stereocenters. The third-order valence-corrected chi connectivity index (χ3v) is 4.29. The Balaban J connectivity index is 2.74. The molecule has 98 valence electrons. The van der Waals surface area contributed by atoms with Gasteiger partial charge in [0.25, 0.3) is 0 Å². The van der Waals surface area contributed by atoms with Gasteiger partial charge in [0, 0.05) is 11.7 Å². The number of halogens is 1. The number of alkyl halides is 1. The normalized spacial score (nSPS) is 12.2. The molecule has 0 aromatic carbocycles. The van der Waals surface area contributed by atoms with E-state index in [0.29, 0.717) is 5.88 Å². The van der Waals surface area contributed by atoms with E-state index in [0.717, 1.165) is 36.3 Å². The molecule has 18 heavy (non-hydrogen) atoms. The number of fused-ring (bicyclic) bond motifs is 1. The first-order valence-electron chi connectivity index (χ1n) is 6.61. The van der Waals surface area contributed by atoms with Crippen LogP contribution < -0.4 is 0 Å². The van der Waals surface area contributed by atoms with Crippen LogP contribution in [0, 0.1) is 0 Å². The van der Waals surface area contributed by atoms with E-state index < -0.39 is 0 Å². The number of imidazole rings is 1. The van der Waals surface area contributed by atoms with Gasteiger partial charge < -0.3 is 4.57 Å². The number of rotatable bonds is 5.